The van der Waals surface area contributed by atoms with Crippen molar-refractivity contribution in [3.63, 3.8) is 0 Å². The molecule has 1 aromatic rings. The minimum atomic E-state index is 0.240. The topological polar surface area (TPSA) is 37.3 Å². The summed E-state index contributed by atoms with van der Waals surface area (Å²) in [4.78, 5) is 11.4. The molecule has 0 saturated heterocycles. The molecule has 0 spiro atoms. The molecule has 0 heterocycles. The monoisotopic (exact) mass is 206 g/mol. The Hall–Kier alpha value is -1.31. The quantitative estimate of drug-likeness (QED) is 0.802. The molecule has 0 aromatic heterocycles. The lowest BCUT2D eigenvalue weighted by atomic mass is 9.94. The third-order valence-electron chi connectivity index (χ3n) is 2.52. The number of carbonyl (C=O) groups excluding carboxylic acids is 1. The average Bonchev–Trinajstić information content (AvgIpc) is 2.18. The van der Waals surface area contributed by atoms with Gasteiger partial charge >= 0.3 is 0 Å². The van der Waals surface area contributed by atoms with Crippen LogP contribution >= 0.6 is 0 Å². The Labute approximate surface area is 90.9 Å². The van der Waals surface area contributed by atoms with Crippen LogP contribution in [-0.2, 0) is 4.79 Å². The summed E-state index contributed by atoms with van der Waals surface area (Å²) in [6.07, 6.45) is 2.18. The van der Waals surface area contributed by atoms with Crippen LogP contribution in [0.25, 0.3) is 0 Å². The van der Waals surface area contributed by atoms with Crippen molar-refractivity contribution in [2.24, 2.45) is 0 Å². The number of phenolic OH excluding ortho intramolecular Hbond substituents is 1. The van der Waals surface area contributed by atoms with Crippen LogP contribution in [-0.4, -0.2) is 10.9 Å². The van der Waals surface area contributed by atoms with Crippen molar-refractivity contribution in [2.75, 3.05) is 0 Å². The number of aromatic hydroxyl groups is 1. The summed E-state index contributed by atoms with van der Waals surface area (Å²) in [5.74, 6) is 0.827. The molecule has 2 nitrogen and oxygen atoms in total. The van der Waals surface area contributed by atoms with Crippen LogP contribution in [0.5, 0.6) is 5.75 Å². The number of Topliss-reactive ketones (excluding diaryl/α,β-unsaturated/α-hetero) is 1. The van der Waals surface area contributed by atoms with E-state index >= 15 is 0 Å². The molecule has 0 saturated carbocycles. The van der Waals surface area contributed by atoms with Crippen molar-refractivity contribution < 1.29 is 9.90 Å². The summed E-state index contributed by atoms with van der Waals surface area (Å²) in [5.41, 5.74) is 1.11. The van der Waals surface area contributed by atoms with Crippen molar-refractivity contribution in [1.82, 2.24) is 0 Å². The molecule has 15 heavy (non-hydrogen) atoms. The third kappa shape index (κ3) is 3.74. The summed E-state index contributed by atoms with van der Waals surface area (Å²) in [6.45, 7) is 4.06. The summed E-state index contributed by atoms with van der Waals surface area (Å²) < 4.78 is 0. The second-order valence-electron chi connectivity index (χ2n) is 3.99. The van der Waals surface area contributed by atoms with Crippen molar-refractivity contribution in [2.45, 2.75) is 39.0 Å². The molecule has 1 atom stereocenters. The van der Waals surface area contributed by atoms with Gasteiger partial charge in [0.05, 0.1) is 0 Å². The first-order chi connectivity index (χ1) is 7.13. The number of hydrogen-bond donors (Lipinski definition) is 1. The molecule has 0 aliphatic rings. The molecule has 0 aliphatic heterocycles. The van der Waals surface area contributed by atoms with Gasteiger partial charge in [-0.3, -0.25) is 4.79 Å². The first-order valence-electron chi connectivity index (χ1n) is 5.44. The Morgan fingerprint density at radius 2 is 1.93 bits per heavy atom. The van der Waals surface area contributed by atoms with Crippen molar-refractivity contribution >= 4 is 5.78 Å². The fraction of sp³-hybridized carbons (Fsp3) is 0.462. The van der Waals surface area contributed by atoms with Gasteiger partial charge in [-0.25, -0.2) is 0 Å². The van der Waals surface area contributed by atoms with Crippen molar-refractivity contribution in [3.8, 4) is 5.75 Å². The van der Waals surface area contributed by atoms with Gasteiger partial charge in [-0.05, 0) is 30.0 Å². The lowest BCUT2D eigenvalue weighted by molar-refractivity contribution is -0.119. The second kappa shape index (κ2) is 5.54. The maximum absolute atomic E-state index is 11.4. The highest BCUT2D eigenvalue weighted by atomic mass is 16.3. The molecule has 0 amide bonds. The van der Waals surface area contributed by atoms with Crippen LogP contribution in [0, 0.1) is 0 Å². The zero-order chi connectivity index (χ0) is 11.3. The first-order valence-corrected chi connectivity index (χ1v) is 5.44. The summed E-state index contributed by atoms with van der Waals surface area (Å²) in [6, 6.07) is 7.07. The number of benzene rings is 1. The van der Waals surface area contributed by atoms with Gasteiger partial charge in [-0.15, -0.1) is 0 Å². The van der Waals surface area contributed by atoms with E-state index in [1.54, 1.807) is 12.1 Å². The summed E-state index contributed by atoms with van der Waals surface area (Å²) >= 11 is 0. The first kappa shape index (κ1) is 11.8. The van der Waals surface area contributed by atoms with Gasteiger partial charge < -0.3 is 5.11 Å². The van der Waals surface area contributed by atoms with E-state index in [0.29, 0.717) is 18.6 Å². The minimum absolute atomic E-state index is 0.240. The van der Waals surface area contributed by atoms with Crippen LogP contribution < -0.4 is 0 Å². The van der Waals surface area contributed by atoms with Gasteiger partial charge in [0.15, 0.2) is 0 Å². The maximum Gasteiger partial charge on any atom is 0.133 e. The standard InChI is InChI=1S/C13H18O2/c1-3-4-13(15)9-10(2)11-5-7-12(14)8-6-11/h5-8,10,14H,3-4,9H2,1-2H3. The fourth-order valence-electron chi connectivity index (χ4n) is 1.64. The number of hydrogen-bond acceptors (Lipinski definition) is 2. The van der Waals surface area contributed by atoms with Gasteiger partial charge in [0.2, 0.25) is 0 Å². The molecule has 0 fully saturated rings. The highest BCUT2D eigenvalue weighted by molar-refractivity contribution is 5.79. The third-order valence-corrected chi connectivity index (χ3v) is 2.52. The van der Waals surface area contributed by atoms with Crippen LogP contribution in [0.4, 0.5) is 0 Å². The van der Waals surface area contributed by atoms with Gasteiger partial charge in [0.1, 0.15) is 11.5 Å². The number of phenols is 1. The van der Waals surface area contributed by atoms with E-state index in [-0.39, 0.29) is 11.7 Å². The van der Waals surface area contributed by atoms with E-state index in [1.807, 2.05) is 26.0 Å². The van der Waals surface area contributed by atoms with Gasteiger partial charge in [-0.1, -0.05) is 26.0 Å². The second-order valence-corrected chi connectivity index (χ2v) is 3.99. The number of rotatable bonds is 5. The Balaban J connectivity index is 2.57. The molecular formula is C13H18O2. The molecule has 1 unspecified atom stereocenters. The normalized spacial score (nSPS) is 12.4. The zero-order valence-corrected chi connectivity index (χ0v) is 9.36. The van der Waals surface area contributed by atoms with E-state index in [9.17, 15) is 4.79 Å². The van der Waals surface area contributed by atoms with Crippen LogP contribution in [0.3, 0.4) is 0 Å². The van der Waals surface area contributed by atoms with Crippen molar-refractivity contribution in [3.05, 3.63) is 29.8 Å². The summed E-state index contributed by atoms with van der Waals surface area (Å²) in [5, 5.41) is 9.14. The predicted octanol–water partition coefficient (Wildman–Crippen LogP) is 3.26. The zero-order valence-electron chi connectivity index (χ0n) is 9.36. The van der Waals surface area contributed by atoms with E-state index in [1.165, 1.54) is 0 Å². The molecule has 0 radical (unpaired) electrons. The Bertz CT molecular complexity index is 314. The van der Waals surface area contributed by atoms with Gasteiger partial charge in [-0.2, -0.15) is 0 Å². The molecule has 1 N–H and O–H groups in total. The van der Waals surface area contributed by atoms with E-state index in [4.69, 9.17) is 5.11 Å². The van der Waals surface area contributed by atoms with Crippen LogP contribution in [0.1, 0.15) is 44.6 Å². The Morgan fingerprint density at radius 1 is 1.33 bits per heavy atom. The molecule has 82 valence electrons. The van der Waals surface area contributed by atoms with E-state index < -0.39 is 0 Å². The molecule has 0 bridgehead atoms. The largest absolute Gasteiger partial charge is 0.508 e. The molecule has 2 heteroatoms. The minimum Gasteiger partial charge on any atom is -0.508 e. The average molecular weight is 206 g/mol. The lowest BCUT2D eigenvalue weighted by Gasteiger charge is -2.10. The number of carbonyl (C=O) groups is 1. The Morgan fingerprint density at radius 3 is 2.47 bits per heavy atom. The highest BCUT2D eigenvalue weighted by Crippen LogP contribution is 2.22. The van der Waals surface area contributed by atoms with Crippen molar-refractivity contribution in [1.29, 1.82) is 0 Å². The maximum atomic E-state index is 11.4. The molecular weight excluding hydrogens is 188 g/mol. The predicted molar refractivity (Wildman–Crippen MR) is 61.1 cm³/mol. The lowest BCUT2D eigenvalue weighted by Crippen LogP contribution is -2.03. The molecule has 0 aliphatic carbocycles. The SMILES string of the molecule is CCCC(=O)CC(C)c1ccc(O)cc1. The smallest absolute Gasteiger partial charge is 0.133 e. The molecule has 1 aromatic carbocycles. The highest BCUT2D eigenvalue weighted by Gasteiger charge is 2.10. The Kier molecular flexibility index (Phi) is 4.35. The van der Waals surface area contributed by atoms with Gasteiger partial charge in [0, 0.05) is 12.8 Å². The summed E-state index contributed by atoms with van der Waals surface area (Å²) in [7, 11) is 0. The van der Waals surface area contributed by atoms with Gasteiger partial charge in [0.25, 0.3) is 0 Å². The van der Waals surface area contributed by atoms with E-state index in [0.717, 1.165) is 12.0 Å². The molecule has 1 rings (SSSR count). The van der Waals surface area contributed by atoms with E-state index in [2.05, 4.69) is 0 Å². The fourth-order valence-corrected chi connectivity index (χ4v) is 1.64. The number of ketones is 1. The van der Waals surface area contributed by atoms with Crippen LogP contribution in [0.15, 0.2) is 24.3 Å². The van der Waals surface area contributed by atoms with Crippen LogP contribution in [0.2, 0.25) is 0 Å².